The van der Waals surface area contributed by atoms with Crippen LogP contribution in [-0.2, 0) is 24.1 Å². The van der Waals surface area contributed by atoms with Crippen molar-refractivity contribution in [3.05, 3.63) is 0 Å². The lowest BCUT2D eigenvalue weighted by atomic mass is 10.2. The first kappa shape index (κ1) is 14.3. The monoisotopic (exact) mass is 239 g/mol. The Morgan fingerprint density at radius 3 is 2.47 bits per heavy atom. The van der Waals surface area contributed by atoms with E-state index in [1.54, 1.807) is 0 Å². The lowest BCUT2D eigenvalue weighted by Crippen LogP contribution is -2.34. The van der Waals surface area contributed by atoms with Crippen LogP contribution in [0, 0.1) is 0 Å². The molecule has 0 radical (unpaired) electrons. The van der Waals surface area contributed by atoms with Crippen LogP contribution >= 0.6 is 0 Å². The van der Waals surface area contributed by atoms with Gasteiger partial charge in [-0.05, 0) is 6.42 Å². The Balaban J connectivity index is 3.79. The maximum Gasteiger partial charge on any atom is 0.323 e. The van der Waals surface area contributed by atoms with E-state index in [2.05, 4.69) is 4.74 Å². The summed E-state index contributed by atoms with van der Waals surface area (Å²) >= 11 is 0. The Morgan fingerprint density at radius 2 is 2.00 bits per heavy atom. The summed E-state index contributed by atoms with van der Waals surface area (Å²) in [5.74, 6) is -0.719. The Labute approximate surface area is 89.6 Å². The van der Waals surface area contributed by atoms with E-state index in [0.29, 0.717) is 6.61 Å². The molecule has 0 fully saturated rings. The molecule has 0 heterocycles. The summed E-state index contributed by atoms with van der Waals surface area (Å²) in [6, 6.07) is -0.892. The number of carbonyl (C=O) groups is 1. The van der Waals surface area contributed by atoms with Gasteiger partial charge in [-0.1, -0.05) is 0 Å². The fourth-order valence-electron chi connectivity index (χ4n) is 0.792. The summed E-state index contributed by atoms with van der Waals surface area (Å²) in [5, 5.41) is 0. The van der Waals surface area contributed by atoms with Crippen molar-refractivity contribution in [3.8, 4) is 0 Å². The molecule has 0 aromatic carbocycles. The highest BCUT2D eigenvalue weighted by atomic mass is 32.2. The molecule has 0 saturated heterocycles. The molecule has 90 valence electrons. The summed E-state index contributed by atoms with van der Waals surface area (Å²) in [6.07, 6.45) is 1.17. The molecular formula is C8H17NO5S. The van der Waals surface area contributed by atoms with Gasteiger partial charge in [0.25, 0.3) is 0 Å². The average molecular weight is 239 g/mol. The highest BCUT2D eigenvalue weighted by Gasteiger charge is 2.16. The number of methoxy groups -OCH3 is 1. The third-order valence-corrected chi connectivity index (χ3v) is 2.61. The second kappa shape index (κ2) is 6.76. The first-order valence-corrected chi connectivity index (χ1v) is 6.51. The molecule has 0 aliphatic carbocycles. The van der Waals surface area contributed by atoms with Crippen LogP contribution in [0.1, 0.15) is 6.42 Å². The molecular weight excluding hydrogens is 222 g/mol. The molecule has 0 saturated carbocycles. The van der Waals surface area contributed by atoms with E-state index in [9.17, 15) is 13.2 Å². The molecule has 0 bridgehead atoms. The maximum absolute atomic E-state index is 11.1. The van der Waals surface area contributed by atoms with E-state index in [1.807, 2.05) is 0 Å². The van der Waals surface area contributed by atoms with Gasteiger partial charge in [0.05, 0.1) is 12.4 Å². The van der Waals surface area contributed by atoms with E-state index in [0.717, 1.165) is 6.26 Å². The van der Waals surface area contributed by atoms with Crippen LogP contribution in [-0.4, -0.2) is 52.8 Å². The third kappa shape index (κ3) is 8.34. The summed E-state index contributed by atoms with van der Waals surface area (Å²) in [4.78, 5) is 11.1. The summed E-state index contributed by atoms with van der Waals surface area (Å²) in [7, 11) is -1.61. The van der Waals surface area contributed by atoms with Crippen molar-refractivity contribution in [3.63, 3.8) is 0 Å². The number of carbonyl (C=O) groups excluding carboxylic acids is 1. The van der Waals surface area contributed by atoms with Crippen molar-refractivity contribution >= 4 is 15.8 Å². The predicted molar refractivity (Wildman–Crippen MR) is 55.1 cm³/mol. The third-order valence-electron chi connectivity index (χ3n) is 1.63. The van der Waals surface area contributed by atoms with E-state index in [1.165, 1.54) is 7.11 Å². The topological polar surface area (TPSA) is 95.7 Å². The Hall–Kier alpha value is -0.660. The van der Waals surface area contributed by atoms with Gasteiger partial charge < -0.3 is 15.2 Å². The lowest BCUT2D eigenvalue weighted by molar-refractivity contribution is -0.146. The molecule has 0 spiro atoms. The van der Waals surface area contributed by atoms with Crippen LogP contribution in [0.4, 0.5) is 0 Å². The average Bonchev–Trinajstić information content (AvgIpc) is 2.13. The molecule has 7 heteroatoms. The number of rotatable bonds is 7. The Morgan fingerprint density at radius 1 is 1.40 bits per heavy atom. The molecule has 6 nitrogen and oxygen atoms in total. The van der Waals surface area contributed by atoms with Crippen LogP contribution in [0.5, 0.6) is 0 Å². The van der Waals surface area contributed by atoms with Crippen molar-refractivity contribution < 1.29 is 22.7 Å². The summed E-state index contributed by atoms with van der Waals surface area (Å²) in [6.45, 7) is 0.423. The fraction of sp³-hybridized carbons (Fsp3) is 0.875. The van der Waals surface area contributed by atoms with Gasteiger partial charge in [-0.25, -0.2) is 8.42 Å². The highest BCUT2D eigenvalue weighted by molar-refractivity contribution is 7.90. The first-order chi connectivity index (χ1) is 6.87. The molecule has 0 aliphatic rings. The minimum Gasteiger partial charge on any atom is -0.462 e. The van der Waals surface area contributed by atoms with Gasteiger partial charge in [0, 0.05) is 13.4 Å². The van der Waals surface area contributed by atoms with Crippen LogP contribution in [0.15, 0.2) is 0 Å². The molecule has 0 aliphatic heterocycles. The quantitative estimate of drug-likeness (QED) is 0.449. The van der Waals surface area contributed by atoms with Crippen LogP contribution < -0.4 is 5.73 Å². The second-order valence-electron chi connectivity index (χ2n) is 3.19. The van der Waals surface area contributed by atoms with Gasteiger partial charge in [0.2, 0.25) is 0 Å². The molecule has 0 rings (SSSR count). The van der Waals surface area contributed by atoms with Gasteiger partial charge in [-0.2, -0.15) is 0 Å². The van der Waals surface area contributed by atoms with Gasteiger partial charge in [0.1, 0.15) is 22.5 Å². The highest BCUT2D eigenvalue weighted by Crippen LogP contribution is 1.96. The molecule has 2 N–H and O–H groups in total. The number of ether oxygens (including phenoxy) is 2. The smallest absolute Gasteiger partial charge is 0.323 e. The molecule has 0 aromatic heterocycles. The SMILES string of the molecule is COCCOC(=O)C(N)CCS(C)(=O)=O. The molecule has 1 unspecified atom stereocenters. The first-order valence-electron chi connectivity index (χ1n) is 4.45. The zero-order chi connectivity index (χ0) is 11.9. The maximum atomic E-state index is 11.1. The number of nitrogens with two attached hydrogens (primary N) is 1. The minimum absolute atomic E-state index is 0.0741. The predicted octanol–water partition coefficient (Wildman–Crippen LogP) is -1.06. The largest absolute Gasteiger partial charge is 0.462 e. The standard InChI is InChI=1S/C8H17NO5S/c1-13-4-5-14-8(10)7(9)3-6-15(2,11)12/h7H,3-6,9H2,1-2H3. The molecule has 15 heavy (non-hydrogen) atoms. The van der Waals surface area contributed by atoms with Crippen molar-refractivity contribution in [2.75, 3.05) is 32.3 Å². The lowest BCUT2D eigenvalue weighted by Gasteiger charge is -2.10. The van der Waals surface area contributed by atoms with Crippen LogP contribution in [0.3, 0.4) is 0 Å². The van der Waals surface area contributed by atoms with Crippen LogP contribution in [0.25, 0.3) is 0 Å². The Bertz CT molecular complexity index is 287. The van der Waals surface area contributed by atoms with E-state index < -0.39 is 21.8 Å². The molecule has 0 amide bonds. The summed E-state index contributed by atoms with van der Waals surface area (Å²) < 4.78 is 31.0. The summed E-state index contributed by atoms with van der Waals surface area (Å²) in [5.41, 5.74) is 5.43. The second-order valence-corrected chi connectivity index (χ2v) is 5.45. The molecule has 1 atom stereocenters. The van der Waals surface area contributed by atoms with Crippen molar-refractivity contribution in [2.24, 2.45) is 5.73 Å². The van der Waals surface area contributed by atoms with E-state index in [4.69, 9.17) is 10.5 Å². The van der Waals surface area contributed by atoms with Crippen molar-refractivity contribution in [1.82, 2.24) is 0 Å². The van der Waals surface area contributed by atoms with Gasteiger partial charge in [-0.15, -0.1) is 0 Å². The van der Waals surface area contributed by atoms with E-state index >= 15 is 0 Å². The minimum atomic E-state index is -3.09. The van der Waals surface area contributed by atoms with E-state index in [-0.39, 0.29) is 18.8 Å². The number of hydrogen-bond acceptors (Lipinski definition) is 6. The van der Waals surface area contributed by atoms with Crippen LogP contribution in [0.2, 0.25) is 0 Å². The zero-order valence-corrected chi connectivity index (χ0v) is 9.75. The molecule has 0 aromatic rings. The normalized spacial score (nSPS) is 13.5. The van der Waals surface area contributed by atoms with Gasteiger partial charge in [0.15, 0.2) is 0 Å². The van der Waals surface area contributed by atoms with Crippen molar-refractivity contribution in [2.45, 2.75) is 12.5 Å². The van der Waals surface area contributed by atoms with Gasteiger partial charge in [-0.3, -0.25) is 4.79 Å². The fourth-order valence-corrected chi connectivity index (χ4v) is 1.47. The van der Waals surface area contributed by atoms with Crippen molar-refractivity contribution in [1.29, 1.82) is 0 Å². The number of sulfone groups is 1. The number of hydrogen-bond donors (Lipinski definition) is 1. The Kier molecular flexibility index (Phi) is 6.46. The van der Waals surface area contributed by atoms with Gasteiger partial charge >= 0.3 is 5.97 Å². The number of esters is 1. The zero-order valence-electron chi connectivity index (χ0n) is 8.93.